The van der Waals surface area contributed by atoms with E-state index in [1.165, 1.54) is 117 Å². The molecular formula is C67H69B2N. The molecule has 2 heterocycles. The molecule has 0 fully saturated rings. The average Bonchev–Trinajstić information content (AvgIpc) is 3.65. The van der Waals surface area contributed by atoms with Crippen molar-refractivity contribution in [3.8, 4) is 11.1 Å². The SMILES string of the molecule is CC(C)c1cc(C(C)C)c(B2c3ccccc3B(c3c(C(C)C)cc(C(C)C)cc3C(C)C)c3cc(N4c5ccccc5C5(c6ccccc6-c6ccccc65)c5ccccc54)ccc32)c(C(C)C)c1. The van der Waals surface area contributed by atoms with Crippen LogP contribution in [0, 0.1) is 0 Å². The number of fused-ring (bicyclic) bond motifs is 11. The molecular weight excluding hydrogens is 840 g/mol. The van der Waals surface area contributed by atoms with Gasteiger partial charge in [0.15, 0.2) is 0 Å². The van der Waals surface area contributed by atoms with Gasteiger partial charge >= 0.3 is 0 Å². The highest BCUT2D eigenvalue weighted by Crippen LogP contribution is 2.63. The van der Waals surface area contributed by atoms with E-state index in [2.05, 4.69) is 252 Å². The Balaban J connectivity index is 1.24. The third-order valence-corrected chi connectivity index (χ3v) is 16.6. The molecule has 0 saturated heterocycles. The molecule has 3 aliphatic rings. The summed E-state index contributed by atoms with van der Waals surface area (Å²) in [5.41, 5.74) is 28.8. The van der Waals surface area contributed by atoms with Crippen LogP contribution < -0.4 is 37.7 Å². The zero-order chi connectivity index (χ0) is 48.9. The summed E-state index contributed by atoms with van der Waals surface area (Å²) in [6.45, 7) is 28.8. The highest BCUT2D eigenvalue weighted by atomic mass is 15.2. The van der Waals surface area contributed by atoms with Crippen molar-refractivity contribution in [1.82, 2.24) is 0 Å². The van der Waals surface area contributed by atoms with Gasteiger partial charge in [0.1, 0.15) is 0 Å². The highest BCUT2D eigenvalue weighted by Gasteiger charge is 2.52. The zero-order valence-corrected chi connectivity index (χ0v) is 43.7. The Morgan fingerprint density at radius 1 is 0.329 bits per heavy atom. The summed E-state index contributed by atoms with van der Waals surface area (Å²) in [5, 5.41) is 0. The van der Waals surface area contributed by atoms with Gasteiger partial charge in [-0.25, -0.2) is 0 Å². The molecule has 0 unspecified atom stereocenters. The fraction of sp³-hybridized carbons (Fsp3) is 0.284. The Kier molecular flexibility index (Phi) is 11.5. The van der Waals surface area contributed by atoms with Crippen molar-refractivity contribution in [2.24, 2.45) is 0 Å². The number of benzene rings is 8. The molecule has 0 amide bonds. The van der Waals surface area contributed by atoms with Crippen molar-refractivity contribution in [3.63, 3.8) is 0 Å². The van der Waals surface area contributed by atoms with Crippen molar-refractivity contribution in [3.05, 3.63) is 219 Å². The standard InChI is InChI=1S/C67H69B2N/c1-40(2)46-35-51(42(5)6)65(52(36-46)43(7)8)68-59-29-19-20-30-60(59)69(66-53(44(9)10)37-47(41(3)4)38-54(66)45(11)12)62-39-48(33-34-61(62)68)70-63-31-21-17-27-57(63)67(58-28-18-22-32-64(58)70)55-25-15-13-23-49(55)50-24-14-16-26-56(50)67/h13-45H,1-12H3. The van der Waals surface area contributed by atoms with Gasteiger partial charge in [0.05, 0.1) is 16.8 Å². The van der Waals surface area contributed by atoms with Crippen LogP contribution in [-0.4, -0.2) is 13.4 Å². The van der Waals surface area contributed by atoms with Gasteiger partial charge in [-0.15, -0.1) is 0 Å². The lowest BCUT2D eigenvalue weighted by molar-refractivity contribution is 0.752. The average molecular weight is 910 g/mol. The Bertz CT molecular complexity index is 3180. The maximum atomic E-state index is 2.64. The second-order valence-corrected chi connectivity index (χ2v) is 22.7. The normalized spacial score (nSPS) is 14.2. The molecule has 11 rings (SSSR count). The maximum absolute atomic E-state index is 2.64. The van der Waals surface area contributed by atoms with E-state index < -0.39 is 5.41 Å². The predicted molar refractivity (Wildman–Crippen MR) is 305 cm³/mol. The topological polar surface area (TPSA) is 3.24 Å². The molecule has 1 nitrogen and oxygen atoms in total. The third-order valence-electron chi connectivity index (χ3n) is 16.6. The van der Waals surface area contributed by atoms with E-state index in [9.17, 15) is 0 Å². The maximum Gasteiger partial charge on any atom is 0.240 e. The van der Waals surface area contributed by atoms with E-state index in [4.69, 9.17) is 0 Å². The van der Waals surface area contributed by atoms with Crippen LogP contribution in [0.2, 0.25) is 0 Å². The van der Waals surface area contributed by atoms with Gasteiger partial charge < -0.3 is 4.90 Å². The fourth-order valence-electron chi connectivity index (χ4n) is 13.2. The minimum Gasteiger partial charge on any atom is -0.310 e. The number of para-hydroxylation sites is 2. The number of hydrogen-bond donors (Lipinski definition) is 0. The van der Waals surface area contributed by atoms with Crippen LogP contribution in [0.25, 0.3) is 11.1 Å². The number of nitrogens with zero attached hydrogens (tertiary/aromatic N) is 1. The molecule has 0 aromatic heterocycles. The Hall–Kier alpha value is -6.31. The molecule has 1 aliphatic carbocycles. The van der Waals surface area contributed by atoms with Gasteiger partial charge in [0, 0.05) is 5.69 Å². The number of anilines is 3. The van der Waals surface area contributed by atoms with Crippen LogP contribution in [-0.2, 0) is 5.41 Å². The summed E-state index contributed by atoms with van der Waals surface area (Å²) < 4.78 is 0. The number of rotatable bonds is 9. The zero-order valence-electron chi connectivity index (χ0n) is 43.7. The first-order valence-electron chi connectivity index (χ1n) is 26.5. The molecule has 8 aromatic carbocycles. The second-order valence-electron chi connectivity index (χ2n) is 22.7. The van der Waals surface area contributed by atoms with Gasteiger partial charge in [-0.2, -0.15) is 0 Å². The van der Waals surface area contributed by atoms with Crippen molar-refractivity contribution >= 4 is 63.3 Å². The van der Waals surface area contributed by atoms with E-state index >= 15 is 0 Å². The smallest absolute Gasteiger partial charge is 0.240 e. The molecule has 8 aromatic rings. The van der Waals surface area contributed by atoms with Crippen LogP contribution in [0.1, 0.15) is 174 Å². The monoisotopic (exact) mass is 910 g/mol. The molecule has 0 N–H and O–H groups in total. The van der Waals surface area contributed by atoms with Crippen molar-refractivity contribution in [1.29, 1.82) is 0 Å². The molecule has 70 heavy (non-hydrogen) atoms. The highest BCUT2D eigenvalue weighted by molar-refractivity contribution is 7.11. The molecule has 2 aliphatic heterocycles. The molecule has 0 saturated carbocycles. The first kappa shape index (κ1) is 46.1. The predicted octanol–water partition coefficient (Wildman–Crippen LogP) is 13.9. The van der Waals surface area contributed by atoms with E-state index in [1.54, 1.807) is 0 Å². The first-order valence-corrected chi connectivity index (χ1v) is 26.5. The van der Waals surface area contributed by atoms with Crippen molar-refractivity contribution in [2.45, 2.75) is 124 Å². The lowest BCUT2D eigenvalue weighted by Crippen LogP contribution is -2.76. The molecule has 0 bridgehead atoms. The fourth-order valence-corrected chi connectivity index (χ4v) is 13.2. The molecule has 1 spiro atoms. The second kappa shape index (κ2) is 17.5. The van der Waals surface area contributed by atoms with Gasteiger partial charge in [0.2, 0.25) is 13.4 Å². The lowest BCUT2D eigenvalue weighted by Gasteiger charge is -2.45. The van der Waals surface area contributed by atoms with E-state index in [1.807, 2.05) is 0 Å². The van der Waals surface area contributed by atoms with Crippen LogP contribution in [0.15, 0.2) is 164 Å². The summed E-state index contributed by atoms with van der Waals surface area (Å²) in [7, 11) is 0. The minimum atomic E-state index is -0.462. The largest absolute Gasteiger partial charge is 0.310 e. The Morgan fingerprint density at radius 2 is 0.671 bits per heavy atom. The summed E-state index contributed by atoms with van der Waals surface area (Å²) in [6.07, 6.45) is 0. The van der Waals surface area contributed by atoms with Crippen LogP contribution in [0.4, 0.5) is 17.1 Å². The summed E-state index contributed by atoms with van der Waals surface area (Å²) in [6, 6.07) is 64.4. The van der Waals surface area contributed by atoms with E-state index in [0.29, 0.717) is 35.5 Å². The lowest BCUT2D eigenvalue weighted by atomic mass is 9.20. The quantitative estimate of drug-likeness (QED) is 0.130. The van der Waals surface area contributed by atoms with E-state index in [0.717, 1.165) is 0 Å². The van der Waals surface area contributed by atoms with Gasteiger partial charge in [-0.3, -0.25) is 0 Å². The molecule has 348 valence electrons. The van der Waals surface area contributed by atoms with Crippen LogP contribution in [0.5, 0.6) is 0 Å². The Labute approximate surface area is 420 Å². The number of hydrogen-bond acceptors (Lipinski definition) is 1. The van der Waals surface area contributed by atoms with E-state index in [-0.39, 0.29) is 13.4 Å². The van der Waals surface area contributed by atoms with Crippen molar-refractivity contribution in [2.75, 3.05) is 4.90 Å². The van der Waals surface area contributed by atoms with Crippen LogP contribution >= 0.6 is 0 Å². The first-order chi connectivity index (χ1) is 33.7. The molecule has 0 radical (unpaired) electrons. The molecule has 3 heteroatoms. The van der Waals surface area contributed by atoms with Gasteiger partial charge in [-0.05, 0) is 127 Å². The molecule has 0 atom stereocenters. The minimum absolute atomic E-state index is 0.0357. The summed E-state index contributed by atoms with van der Waals surface area (Å²) in [4.78, 5) is 2.61. The van der Waals surface area contributed by atoms with Gasteiger partial charge in [0.25, 0.3) is 0 Å². The Morgan fingerprint density at radius 3 is 1.07 bits per heavy atom. The summed E-state index contributed by atoms with van der Waals surface area (Å²) in [5.74, 6) is 2.30. The van der Waals surface area contributed by atoms with Gasteiger partial charge in [-0.1, -0.05) is 255 Å². The van der Waals surface area contributed by atoms with Crippen LogP contribution in [0.3, 0.4) is 0 Å². The van der Waals surface area contributed by atoms with Crippen molar-refractivity contribution < 1.29 is 0 Å². The summed E-state index contributed by atoms with van der Waals surface area (Å²) >= 11 is 0. The third kappa shape index (κ3) is 6.88.